The van der Waals surface area contributed by atoms with Crippen molar-refractivity contribution in [2.24, 2.45) is 5.92 Å². The number of amides is 1. The zero-order valence-electron chi connectivity index (χ0n) is 14.9. The summed E-state index contributed by atoms with van der Waals surface area (Å²) in [6, 6.07) is 13.5. The van der Waals surface area contributed by atoms with Crippen molar-refractivity contribution < 1.29 is 9.53 Å². The van der Waals surface area contributed by atoms with Gasteiger partial charge in [-0.1, -0.05) is 23.7 Å². The van der Waals surface area contributed by atoms with Crippen LogP contribution in [0.2, 0.25) is 5.02 Å². The number of piperidine rings is 1. The second-order valence-corrected chi connectivity index (χ2v) is 8.23. The molecular weight excluding hydrogens is 380 g/mol. The number of likely N-dealkylation sites (tertiary alicyclic amines) is 1. The number of thiazole rings is 1. The molecule has 1 fully saturated rings. The van der Waals surface area contributed by atoms with Crippen LogP contribution in [-0.2, 0) is 11.3 Å². The van der Waals surface area contributed by atoms with Crippen LogP contribution in [0.15, 0.2) is 48.0 Å². The van der Waals surface area contributed by atoms with Crippen molar-refractivity contribution in [3.63, 3.8) is 0 Å². The molecule has 4 nitrogen and oxygen atoms in total. The van der Waals surface area contributed by atoms with Crippen molar-refractivity contribution in [2.45, 2.75) is 19.4 Å². The molecule has 1 amide bonds. The quantitative estimate of drug-likeness (QED) is 0.604. The van der Waals surface area contributed by atoms with Crippen molar-refractivity contribution in [1.29, 1.82) is 0 Å². The zero-order chi connectivity index (χ0) is 18.6. The molecule has 1 aliphatic rings. The Morgan fingerprint density at radius 2 is 1.96 bits per heavy atom. The second kappa shape index (κ2) is 8.38. The van der Waals surface area contributed by atoms with E-state index in [4.69, 9.17) is 16.3 Å². The van der Waals surface area contributed by atoms with Crippen LogP contribution in [0, 0.1) is 5.92 Å². The smallest absolute Gasteiger partial charge is 0.253 e. The number of nitrogens with zero attached hydrogens (tertiary/aromatic N) is 2. The largest absolute Gasteiger partial charge is 0.376 e. The molecule has 0 unspecified atom stereocenters. The normalized spacial score (nSPS) is 15.4. The van der Waals surface area contributed by atoms with Crippen molar-refractivity contribution in [3.05, 3.63) is 64.1 Å². The second-order valence-electron chi connectivity index (χ2n) is 6.91. The van der Waals surface area contributed by atoms with E-state index in [1.165, 1.54) is 0 Å². The number of halogens is 1. The standard InChI is InChI=1S/C21H21ClN2O2S/c22-18-4-1-15(2-5-18)12-26-13-16-7-9-24(10-8-16)21(25)17-3-6-19-20(11-17)27-14-23-19/h1-6,11,14,16H,7-10,12-13H2. The first-order chi connectivity index (χ1) is 13.2. The third-order valence-corrected chi connectivity index (χ3v) is 6.06. The maximum Gasteiger partial charge on any atom is 0.253 e. The molecular formula is C21H21ClN2O2S. The van der Waals surface area contributed by atoms with Crippen LogP contribution in [0.3, 0.4) is 0 Å². The van der Waals surface area contributed by atoms with Gasteiger partial charge in [0.2, 0.25) is 0 Å². The van der Waals surface area contributed by atoms with Gasteiger partial charge in [-0.3, -0.25) is 4.79 Å². The monoisotopic (exact) mass is 400 g/mol. The zero-order valence-corrected chi connectivity index (χ0v) is 16.5. The predicted molar refractivity (Wildman–Crippen MR) is 109 cm³/mol. The molecule has 0 bridgehead atoms. The fraction of sp³-hybridized carbons (Fsp3) is 0.333. The molecule has 0 aliphatic carbocycles. The van der Waals surface area contributed by atoms with Gasteiger partial charge in [0, 0.05) is 30.3 Å². The van der Waals surface area contributed by atoms with Crippen LogP contribution in [0.5, 0.6) is 0 Å². The van der Waals surface area contributed by atoms with E-state index in [-0.39, 0.29) is 5.91 Å². The van der Waals surface area contributed by atoms with Crippen molar-refractivity contribution in [3.8, 4) is 0 Å². The lowest BCUT2D eigenvalue weighted by molar-refractivity contribution is 0.0478. The molecule has 0 radical (unpaired) electrons. The molecule has 0 saturated carbocycles. The predicted octanol–water partition coefficient (Wildman–Crippen LogP) is 5.02. The van der Waals surface area contributed by atoms with Crippen molar-refractivity contribution in [2.75, 3.05) is 19.7 Å². The van der Waals surface area contributed by atoms with Crippen LogP contribution >= 0.6 is 22.9 Å². The number of ether oxygens (including phenoxy) is 1. The Balaban J connectivity index is 1.25. The summed E-state index contributed by atoms with van der Waals surface area (Å²) in [4.78, 5) is 19.0. The maximum atomic E-state index is 12.8. The molecule has 1 saturated heterocycles. The first kappa shape index (κ1) is 18.4. The Bertz CT molecular complexity index is 917. The molecule has 1 aromatic heterocycles. The lowest BCUT2D eigenvalue weighted by Crippen LogP contribution is -2.39. The van der Waals surface area contributed by atoms with Crippen LogP contribution in [0.4, 0.5) is 0 Å². The van der Waals surface area contributed by atoms with Crippen LogP contribution in [0.25, 0.3) is 10.2 Å². The summed E-state index contributed by atoms with van der Waals surface area (Å²) in [5.41, 5.74) is 4.65. The van der Waals surface area contributed by atoms with E-state index in [0.717, 1.165) is 58.9 Å². The van der Waals surface area contributed by atoms with E-state index >= 15 is 0 Å². The van der Waals surface area contributed by atoms with Gasteiger partial charge in [-0.25, -0.2) is 4.98 Å². The summed E-state index contributed by atoms with van der Waals surface area (Å²) >= 11 is 7.47. The van der Waals surface area contributed by atoms with E-state index < -0.39 is 0 Å². The van der Waals surface area contributed by atoms with Gasteiger partial charge in [-0.2, -0.15) is 0 Å². The van der Waals surface area contributed by atoms with Gasteiger partial charge in [-0.15, -0.1) is 11.3 Å². The minimum Gasteiger partial charge on any atom is -0.376 e. The number of fused-ring (bicyclic) bond motifs is 1. The van der Waals surface area contributed by atoms with Gasteiger partial charge < -0.3 is 9.64 Å². The summed E-state index contributed by atoms with van der Waals surface area (Å²) < 4.78 is 6.93. The molecule has 3 aromatic rings. The fourth-order valence-electron chi connectivity index (χ4n) is 3.40. The van der Waals surface area contributed by atoms with Crippen LogP contribution in [0.1, 0.15) is 28.8 Å². The van der Waals surface area contributed by atoms with E-state index in [1.54, 1.807) is 11.3 Å². The Labute approximate surface area is 167 Å². The average molecular weight is 401 g/mol. The number of hydrogen-bond donors (Lipinski definition) is 0. The maximum absolute atomic E-state index is 12.8. The molecule has 2 aromatic carbocycles. The van der Waals surface area contributed by atoms with Gasteiger partial charge in [0.1, 0.15) is 0 Å². The third kappa shape index (κ3) is 4.49. The highest BCUT2D eigenvalue weighted by molar-refractivity contribution is 7.16. The topological polar surface area (TPSA) is 42.4 Å². The number of rotatable bonds is 5. The summed E-state index contributed by atoms with van der Waals surface area (Å²) in [5, 5.41) is 0.741. The highest BCUT2D eigenvalue weighted by atomic mass is 35.5. The fourth-order valence-corrected chi connectivity index (χ4v) is 4.24. The molecule has 140 valence electrons. The van der Waals surface area contributed by atoms with Crippen LogP contribution < -0.4 is 0 Å². The van der Waals surface area contributed by atoms with Gasteiger partial charge in [0.25, 0.3) is 5.91 Å². The van der Waals surface area contributed by atoms with Gasteiger partial charge in [0.15, 0.2) is 0 Å². The van der Waals surface area contributed by atoms with E-state index in [0.29, 0.717) is 12.5 Å². The average Bonchev–Trinajstić information content (AvgIpc) is 3.17. The Morgan fingerprint density at radius 3 is 2.74 bits per heavy atom. The number of carbonyl (C=O) groups is 1. The molecule has 0 N–H and O–H groups in total. The lowest BCUT2D eigenvalue weighted by atomic mass is 9.97. The van der Waals surface area contributed by atoms with Crippen molar-refractivity contribution >= 4 is 39.1 Å². The third-order valence-electron chi connectivity index (χ3n) is 5.02. The summed E-state index contributed by atoms with van der Waals surface area (Å²) in [6.45, 7) is 2.91. The Hall–Kier alpha value is -1.95. The molecule has 4 rings (SSSR count). The van der Waals surface area contributed by atoms with E-state index in [1.807, 2.05) is 52.9 Å². The Kier molecular flexibility index (Phi) is 5.72. The Morgan fingerprint density at radius 1 is 1.19 bits per heavy atom. The molecule has 0 spiro atoms. The first-order valence-electron chi connectivity index (χ1n) is 9.14. The minimum absolute atomic E-state index is 0.117. The van der Waals surface area contributed by atoms with E-state index in [9.17, 15) is 4.79 Å². The first-order valence-corrected chi connectivity index (χ1v) is 10.4. The molecule has 0 atom stereocenters. The van der Waals surface area contributed by atoms with Gasteiger partial charge >= 0.3 is 0 Å². The van der Waals surface area contributed by atoms with Gasteiger partial charge in [0.05, 0.1) is 22.3 Å². The lowest BCUT2D eigenvalue weighted by Gasteiger charge is -2.32. The number of carbonyl (C=O) groups excluding carboxylic acids is 1. The SMILES string of the molecule is O=C(c1ccc2ncsc2c1)N1CCC(COCc2ccc(Cl)cc2)CC1. The molecule has 2 heterocycles. The summed E-state index contributed by atoms with van der Waals surface area (Å²) in [7, 11) is 0. The molecule has 27 heavy (non-hydrogen) atoms. The summed E-state index contributed by atoms with van der Waals surface area (Å²) in [5.74, 6) is 0.621. The highest BCUT2D eigenvalue weighted by Gasteiger charge is 2.24. The van der Waals surface area contributed by atoms with Crippen LogP contribution in [-0.4, -0.2) is 35.5 Å². The minimum atomic E-state index is 0.117. The van der Waals surface area contributed by atoms with Gasteiger partial charge in [-0.05, 0) is 54.7 Å². The molecule has 1 aliphatic heterocycles. The van der Waals surface area contributed by atoms with E-state index in [2.05, 4.69) is 4.98 Å². The number of benzene rings is 2. The number of aromatic nitrogens is 1. The highest BCUT2D eigenvalue weighted by Crippen LogP contribution is 2.23. The summed E-state index contributed by atoms with van der Waals surface area (Å²) in [6.07, 6.45) is 1.96. The van der Waals surface area contributed by atoms with Crippen molar-refractivity contribution in [1.82, 2.24) is 9.88 Å². The molecule has 6 heteroatoms. The number of hydrogen-bond acceptors (Lipinski definition) is 4.